The normalized spacial score (nSPS) is 13.9. The highest BCUT2D eigenvalue weighted by molar-refractivity contribution is 5.81. The van der Waals surface area contributed by atoms with Crippen LogP contribution in [0.15, 0.2) is 29.4 Å². The van der Waals surface area contributed by atoms with E-state index in [4.69, 9.17) is 10.9 Å². The Labute approximate surface area is 87.6 Å². The highest BCUT2D eigenvalue weighted by Crippen LogP contribution is 2.12. The van der Waals surface area contributed by atoms with Crippen molar-refractivity contribution in [1.29, 1.82) is 0 Å². The Morgan fingerprint density at radius 1 is 1.67 bits per heavy atom. The summed E-state index contributed by atoms with van der Waals surface area (Å²) in [5, 5.41) is 14.1. The number of halogens is 1. The van der Waals surface area contributed by atoms with Crippen LogP contribution in [0.5, 0.6) is 0 Å². The lowest BCUT2D eigenvalue weighted by molar-refractivity contribution is 0.316. The summed E-state index contributed by atoms with van der Waals surface area (Å²) >= 11 is 0. The van der Waals surface area contributed by atoms with Crippen molar-refractivity contribution >= 4 is 5.84 Å². The van der Waals surface area contributed by atoms with Crippen molar-refractivity contribution in [1.82, 2.24) is 5.32 Å². The van der Waals surface area contributed by atoms with E-state index in [0.29, 0.717) is 0 Å². The molecule has 4 N–H and O–H groups in total. The van der Waals surface area contributed by atoms with Gasteiger partial charge in [-0.25, -0.2) is 4.39 Å². The molecule has 0 saturated heterocycles. The lowest BCUT2D eigenvalue weighted by Crippen LogP contribution is -2.30. The van der Waals surface area contributed by atoms with Crippen LogP contribution in [0.4, 0.5) is 4.39 Å². The summed E-state index contributed by atoms with van der Waals surface area (Å²) < 4.78 is 12.9. The minimum absolute atomic E-state index is 0.0546. The van der Waals surface area contributed by atoms with E-state index in [-0.39, 0.29) is 24.2 Å². The van der Waals surface area contributed by atoms with Crippen LogP contribution in [0.2, 0.25) is 0 Å². The molecular formula is C10H14FN3O. The maximum absolute atomic E-state index is 12.9. The van der Waals surface area contributed by atoms with E-state index >= 15 is 0 Å². The molecule has 0 saturated carbocycles. The molecule has 0 aromatic heterocycles. The predicted molar refractivity (Wildman–Crippen MR) is 56.2 cm³/mol. The van der Waals surface area contributed by atoms with Gasteiger partial charge in [-0.05, 0) is 24.6 Å². The second-order valence-electron chi connectivity index (χ2n) is 3.25. The van der Waals surface area contributed by atoms with Crippen LogP contribution < -0.4 is 11.1 Å². The van der Waals surface area contributed by atoms with Crippen LogP contribution in [-0.4, -0.2) is 17.6 Å². The van der Waals surface area contributed by atoms with E-state index in [2.05, 4.69) is 10.5 Å². The van der Waals surface area contributed by atoms with Gasteiger partial charge in [-0.2, -0.15) is 0 Å². The van der Waals surface area contributed by atoms with Crippen molar-refractivity contribution in [2.45, 2.75) is 13.0 Å². The zero-order valence-electron chi connectivity index (χ0n) is 8.44. The van der Waals surface area contributed by atoms with Crippen molar-refractivity contribution in [2.75, 3.05) is 6.54 Å². The maximum atomic E-state index is 12.9. The first-order chi connectivity index (χ1) is 7.13. The zero-order chi connectivity index (χ0) is 11.3. The Hall–Kier alpha value is -1.62. The Balaban J connectivity index is 2.57. The van der Waals surface area contributed by atoms with E-state index in [1.54, 1.807) is 6.07 Å². The molecule has 15 heavy (non-hydrogen) atoms. The number of hydrogen-bond donors (Lipinski definition) is 3. The van der Waals surface area contributed by atoms with E-state index in [9.17, 15) is 4.39 Å². The Morgan fingerprint density at radius 2 is 2.40 bits per heavy atom. The SMILES string of the molecule is C[C@H](NC/C(N)=N/O)c1cccc(F)c1. The van der Waals surface area contributed by atoms with Crippen LogP contribution in [-0.2, 0) is 0 Å². The van der Waals surface area contributed by atoms with Crippen LogP contribution in [0.1, 0.15) is 18.5 Å². The summed E-state index contributed by atoms with van der Waals surface area (Å²) in [5.74, 6) is -0.178. The third kappa shape index (κ3) is 3.55. The van der Waals surface area contributed by atoms with E-state index < -0.39 is 0 Å². The van der Waals surface area contributed by atoms with Gasteiger partial charge in [0.25, 0.3) is 0 Å². The molecule has 0 radical (unpaired) electrons. The van der Waals surface area contributed by atoms with Crippen molar-refractivity contribution in [2.24, 2.45) is 10.9 Å². The van der Waals surface area contributed by atoms with Gasteiger partial charge in [-0.3, -0.25) is 0 Å². The number of oxime groups is 1. The molecule has 0 aliphatic heterocycles. The molecule has 0 unspecified atom stereocenters. The summed E-state index contributed by atoms with van der Waals surface area (Å²) in [6, 6.07) is 6.24. The van der Waals surface area contributed by atoms with E-state index in [1.807, 2.05) is 13.0 Å². The monoisotopic (exact) mass is 211 g/mol. The first-order valence-electron chi connectivity index (χ1n) is 4.58. The largest absolute Gasteiger partial charge is 0.409 e. The number of rotatable bonds is 4. The second-order valence-corrected chi connectivity index (χ2v) is 3.25. The average molecular weight is 211 g/mol. The summed E-state index contributed by atoms with van der Waals surface area (Å²) in [6.45, 7) is 2.13. The molecule has 4 nitrogen and oxygen atoms in total. The fourth-order valence-electron chi connectivity index (χ4n) is 1.19. The van der Waals surface area contributed by atoms with Gasteiger partial charge >= 0.3 is 0 Å². The first-order valence-corrected chi connectivity index (χ1v) is 4.58. The van der Waals surface area contributed by atoms with E-state index in [1.165, 1.54) is 12.1 Å². The molecule has 82 valence electrons. The number of nitrogens with two attached hydrogens (primary N) is 1. The molecule has 1 atom stereocenters. The number of amidine groups is 1. The molecule has 1 aromatic carbocycles. The van der Waals surface area contributed by atoms with Gasteiger partial charge in [0.2, 0.25) is 0 Å². The molecule has 0 spiro atoms. The van der Waals surface area contributed by atoms with Crippen LogP contribution in [0.25, 0.3) is 0 Å². The average Bonchev–Trinajstić information content (AvgIpc) is 2.25. The molecule has 0 bridgehead atoms. The van der Waals surface area contributed by atoms with Crippen LogP contribution in [0.3, 0.4) is 0 Å². The van der Waals surface area contributed by atoms with Gasteiger partial charge in [0, 0.05) is 6.04 Å². The molecule has 5 heteroatoms. The second kappa shape index (κ2) is 5.31. The van der Waals surface area contributed by atoms with Gasteiger partial charge in [-0.15, -0.1) is 0 Å². The van der Waals surface area contributed by atoms with Gasteiger partial charge < -0.3 is 16.3 Å². The molecule has 0 fully saturated rings. The third-order valence-electron chi connectivity index (χ3n) is 2.07. The van der Waals surface area contributed by atoms with Crippen molar-refractivity contribution < 1.29 is 9.60 Å². The lowest BCUT2D eigenvalue weighted by Gasteiger charge is -2.13. The molecular weight excluding hydrogens is 197 g/mol. The Kier molecular flexibility index (Phi) is 4.05. The minimum Gasteiger partial charge on any atom is -0.409 e. The fourth-order valence-corrected chi connectivity index (χ4v) is 1.19. The van der Waals surface area contributed by atoms with Crippen molar-refractivity contribution in [3.63, 3.8) is 0 Å². The first kappa shape index (κ1) is 11.5. The molecule has 0 aliphatic carbocycles. The molecule has 1 rings (SSSR count). The number of hydrogen-bond acceptors (Lipinski definition) is 3. The van der Waals surface area contributed by atoms with Crippen LogP contribution >= 0.6 is 0 Å². The van der Waals surface area contributed by atoms with Crippen LogP contribution in [0, 0.1) is 5.82 Å². The summed E-state index contributed by atoms with van der Waals surface area (Å²) in [4.78, 5) is 0. The molecule has 1 aromatic rings. The number of nitrogens with one attached hydrogen (secondary N) is 1. The summed E-state index contributed by atoms with van der Waals surface area (Å²) in [6.07, 6.45) is 0. The van der Waals surface area contributed by atoms with Gasteiger partial charge in [-0.1, -0.05) is 17.3 Å². The van der Waals surface area contributed by atoms with Gasteiger partial charge in [0.1, 0.15) is 5.82 Å². The number of benzene rings is 1. The maximum Gasteiger partial charge on any atom is 0.153 e. The Morgan fingerprint density at radius 3 is 3.00 bits per heavy atom. The summed E-state index contributed by atoms with van der Waals surface area (Å²) in [7, 11) is 0. The smallest absolute Gasteiger partial charge is 0.153 e. The lowest BCUT2D eigenvalue weighted by atomic mass is 10.1. The third-order valence-corrected chi connectivity index (χ3v) is 2.07. The Bertz CT molecular complexity index is 354. The van der Waals surface area contributed by atoms with Crippen molar-refractivity contribution in [3.05, 3.63) is 35.6 Å². The molecule has 0 aliphatic rings. The molecule has 0 amide bonds. The molecule has 0 heterocycles. The van der Waals surface area contributed by atoms with Crippen molar-refractivity contribution in [3.8, 4) is 0 Å². The fraction of sp³-hybridized carbons (Fsp3) is 0.300. The quantitative estimate of drug-likeness (QED) is 0.303. The minimum atomic E-state index is -0.273. The van der Waals surface area contributed by atoms with E-state index in [0.717, 1.165) is 5.56 Å². The summed E-state index contributed by atoms with van der Waals surface area (Å²) in [5.41, 5.74) is 6.11. The predicted octanol–water partition coefficient (Wildman–Crippen LogP) is 1.22. The van der Waals surface area contributed by atoms with Gasteiger partial charge in [0.05, 0.1) is 6.54 Å². The highest BCUT2D eigenvalue weighted by Gasteiger charge is 2.05. The zero-order valence-corrected chi connectivity index (χ0v) is 8.44. The topological polar surface area (TPSA) is 70.6 Å². The standard InChI is InChI=1S/C10H14FN3O/c1-7(13-6-10(12)14-15)8-3-2-4-9(11)5-8/h2-5,7,13,15H,6H2,1H3,(H2,12,14)/t7-/m0/s1. The van der Waals surface area contributed by atoms with Gasteiger partial charge in [0.15, 0.2) is 5.84 Å². The number of nitrogens with zero attached hydrogens (tertiary/aromatic N) is 1. The highest BCUT2D eigenvalue weighted by atomic mass is 19.1.